The SMILES string of the molecule is Cc1ccc(C2(C(=O)N[C@H]3CCCNC3)CCOCC2)cc1. The van der Waals surface area contributed by atoms with Gasteiger partial charge >= 0.3 is 0 Å². The van der Waals surface area contributed by atoms with E-state index in [-0.39, 0.29) is 11.9 Å². The first-order chi connectivity index (χ1) is 10.7. The zero-order chi connectivity index (χ0) is 15.4. The third-order valence-corrected chi connectivity index (χ3v) is 5.02. The van der Waals surface area contributed by atoms with Crippen LogP contribution in [0, 0.1) is 6.92 Å². The summed E-state index contributed by atoms with van der Waals surface area (Å²) in [5.74, 6) is 0.174. The monoisotopic (exact) mass is 302 g/mol. The number of hydrogen-bond donors (Lipinski definition) is 2. The molecule has 1 amide bonds. The molecule has 4 nitrogen and oxygen atoms in total. The molecule has 2 fully saturated rings. The molecule has 0 unspecified atom stereocenters. The van der Waals surface area contributed by atoms with Gasteiger partial charge in [0, 0.05) is 25.8 Å². The number of aryl methyl sites for hydroxylation is 1. The van der Waals surface area contributed by atoms with Crippen molar-refractivity contribution in [2.24, 2.45) is 0 Å². The van der Waals surface area contributed by atoms with Crippen molar-refractivity contribution in [2.75, 3.05) is 26.3 Å². The highest BCUT2D eigenvalue weighted by Crippen LogP contribution is 2.35. The molecular weight excluding hydrogens is 276 g/mol. The van der Waals surface area contributed by atoms with Gasteiger partial charge in [-0.1, -0.05) is 29.8 Å². The summed E-state index contributed by atoms with van der Waals surface area (Å²) in [6.45, 7) is 5.33. The Kier molecular flexibility index (Phi) is 4.79. The smallest absolute Gasteiger partial charge is 0.231 e. The van der Waals surface area contributed by atoms with E-state index in [1.165, 1.54) is 5.56 Å². The van der Waals surface area contributed by atoms with E-state index in [9.17, 15) is 4.79 Å². The second kappa shape index (κ2) is 6.80. The molecule has 2 heterocycles. The molecule has 2 aliphatic rings. The fourth-order valence-corrected chi connectivity index (χ4v) is 3.54. The van der Waals surface area contributed by atoms with E-state index >= 15 is 0 Å². The minimum absolute atomic E-state index is 0.174. The van der Waals surface area contributed by atoms with Crippen molar-refractivity contribution in [3.63, 3.8) is 0 Å². The van der Waals surface area contributed by atoms with Gasteiger partial charge in [-0.2, -0.15) is 0 Å². The van der Waals surface area contributed by atoms with Crippen molar-refractivity contribution in [2.45, 2.75) is 44.1 Å². The van der Waals surface area contributed by atoms with E-state index in [4.69, 9.17) is 4.74 Å². The molecule has 2 saturated heterocycles. The van der Waals surface area contributed by atoms with Crippen LogP contribution in [0.3, 0.4) is 0 Å². The second-order valence-electron chi connectivity index (χ2n) is 6.58. The van der Waals surface area contributed by atoms with Crippen molar-refractivity contribution in [1.29, 1.82) is 0 Å². The van der Waals surface area contributed by atoms with Gasteiger partial charge in [0.25, 0.3) is 0 Å². The van der Waals surface area contributed by atoms with Gasteiger partial charge in [-0.15, -0.1) is 0 Å². The zero-order valence-electron chi connectivity index (χ0n) is 13.4. The molecule has 0 spiro atoms. The highest BCUT2D eigenvalue weighted by atomic mass is 16.5. The van der Waals surface area contributed by atoms with Gasteiger partial charge in [0.2, 0.25) is 5.91 Å². The predicted molar refractivity (Wildman–Crippen MR) is 86.9 cm³/mol. The largest absolute Gasteiger partial charge is 0.381 e. The second-order valence-corrected chi connectivity index (χ2v) is 6.58. The van der Waals surface area contributed by atoms with Gasteiger partial charge < -0.3 is 15.4 Å². The molecule has 3 rings (SSSR count). The van der Waals surface area contributed by atoms with E-state index in [0.717, 1.165) is 44.3 Å². The van der Waals surface area contributed by atoms with Gasteiger partial charge in [-0.25, -0.2) is 0 Å². The number of ether oxygens (including phenoxy) is 1. The van der Waals surface area contributed by atoms with Crippen LogP contribution in [0.5, 0.6) is 0 Å². The fraction of sp³-hybridized carbons (Fsp3) is 0.611. The van der Waals surface area contributed by atoms with Crippen molar-refractivity contribution in [3.05, 3.63) is 35.4 Å². The van der Waals surface area contributed by atoms with Crippen LogP contribution in [0.2, 0.25) is 0 Å². The van der Waals surface area contributed by atoms with Crippen LogP contribution >= 0.6 is 0 Å². The molecule has 120 valence electrons. The number of benzene rings is 1. The number of amides is 1. The van der Waals surface area contributed by atoms with Crippen LogP contribution in [-0.4, -0.2) is 38.3 Å². The summed E-state index contributed by atoms with van der Waals surface area (Å²) in [7, 11) is 0. The Morgan fingerprint density at radius 3 is 2.64 bits per heavy atom. The molecule has 0 saturated carbocycles. The summed E-state index contributed by atoms with van der Waals surface area (Å²) in [6.07, 6.45) is 3.73. The van der Waals surface area contributed by atoms with Crippen LogP contribution in [-0.2, 0) is 14.9 Å². The highest BCUT2D eigenvalue weighted by Gasteiger charge is 2.42. The van der Waals surface area contributed by atoms with Crippen LogP contribution < -0.4 is 10.6 Å². The summed E-state index contributed by atoms with van der Waals surface area (Å²) >= 11 is 0. The number of nitrogens with one attached hydrogen (secondary N) is 2. The standard InChI is InChI=1S/C18H26N2O2/c1-14-4-6-15(7-5-14)18(8-11-22-12-9-18)17(21)20-16-3-2-10-19-13-16/h4-7,16,19H,2-3,8-13H2,1H3,(H,20,21)/t16-/m0/s1. The van der Waals surface area contributed by atoms with E-state index in [2.05, 4.69) is 41.8 Å². The zero-order valence-corrected chi connectivity index (χ0v) is 13.4. The van der Waals surface area contributed by atoms with E-state index in [0.29, 0.717) is 13.2 Å². The highest BCUT2D eigenvalue weighted by molar-refractivity contribution is 5.88. The first-order valence-electron chi connectivity index (χ1n) is 8.37. The minimum Gasteiger partial charge on any atom is -0.381 e. The van der Waals surface area contributed by atoms with Gasteiger partial charge in [0.05, 0.1) is 5.41 Å². The van der Waals surface area contributed by atoms with Crippen LogP contribution in [0.15, 0.2) is 24.3 Å². The van der Waals surface area contributed by atoms with Crippen molar-refractivity contribution >= 4 is 5.91 Å². The van der Waals surface area contributed by atoms with Crippen molar-refractivity contribution < 1.29 is 9.53 Å². The summed E-state index contributed by atoms with van der Waals surface area (Å²) in [5.41, 5.74) is 1.93. The molecule has 0 aromatic heterocycles. The molecule has 0 aliphatic carbocycles. The quantitative estimate of drug-likeness (QED) is 0.897. The maximum atomic E-state index is 13.1. The van der Waals surface area contributed by atoms with E-state index < -0.39 is 5.41 Å². The molecule has 1 aromatic rings. The number of piperidine rings is 1. The van der Waals surface area contributed by atoms with E-state index in [1.807, 2.05) is 0 Å². The molecule has 2 N–H and O–H groups in total. The van der Waals surface area contributed by atoms with Gasteiger partial charge in [0.1, 0.15) is 0 Å². The van der Waals surface area contributed by atoms with Crippen molar-refractivity contribution in [1.82, 2.24) is 10.6 Å². The number of rotatable bonds is 3. The first kappa shape index (κ1) is 15.5. The average molecular weight is 302 g/mol. The number of carbonyl (C=O) groups excluding carboxylic acids is 1. The third-order valence-electron chi connectivity index (χ3n) is 5.02. The Bertz CT molecular complexity index is 500. The van der Waals surface area contributed by atoms with Gasteiger partial charge in [0.15, 0.2) is 0 Å². The summed E-state index contributed by atoms with van der Waals surface area (Å²) in [6, 6.07) is 8.68. The van der Waals surface area contributed by atoms with E-state index in [1.54, 1.807) is 0 Å². The Morgan fingerprint density at radius 1 is 1.27 bits per heavy atom. The number of carbonyl (C=O) groups is 1. The summed E-state index contributed by atoms with van der Waals surface area (Å²) in [4.78, 5) is 13.1. The summed E-state index contributed by atoms with van der Waals surface area (Å²) < 4.78 is 5.52. The lowest BCUT2D eigenvalue weighted by Gasteiger charge is -2.38. The Morgan fingerprint density at radius 2 is 2.00 bits per heavy atom. The summed E-state index contributed by atoms with van der Waals surface area (Å²) in [5, 5.41) is 6.65. The molecule has 4 heteroatoms. The third kappa shape index (κ3) is 3.18. The molecule has 1 atom stereocenters. The van der Waals surface area contributed by atoms with Crippen LogP contribution in [0.1, 0.15) is 36.8 Å². The average Bonchev–Trinajstić information content (AvgIpc) is 2.57. The lowest BCUT2D eigenvalue weighted by molar-refractivity contribution is -0.131. The normalized spacial score (nSPS) is 24.7. The van der Waals surface area contributed by atoms with Crippen LogP contribution in [0.4, 0.5) is 0 Å². The maximum Gasteiger partial charge on any atom is 0.231 e. The van der Waals surface area contributed by atoms with Crippen LogP contribution in [0.25, 0.3) is 0 Å². The lowest BCUT2D eigenvalue weighted by atomic mass is 9.73. The van der Waals surface area contributed by atoms with Gasteiger partial charge in [-0.05, 0) is 44.7 Å². The molecule has 0 radical (unpaired) electrons. The Balaban J connectivity index is 1.81. The molecule has 0 bridgehead atoms. The van der Waals surface area contributed by atoms with Crippen molar-refractivity contribution in [3.8, 4) is 0 Å². The Hall–Kier alpha value is -1.39. The topological polar surface area (TPSA) is 50.4 Å². The first-order valence-corrected chi connectivity index (χ1v) is 8.37. The fourth-order valence-electron chi connectivity index (χ4n) is 3.54. The molecule has 1 aromatic carbocycles. The molecule has 2 aliphatic heterocycles. The molecule has 22 heavy (non-hydrogen) atoms. The predicted octanol–water partition coefficient (Wildman–Crippen LogP) is 1.91. The Labute approximate surface area is 132 Å². The number of hydrogen-bond acceptors (Lipinski definition) is 3. The lowest BCUT2D eigenvalue weighted by Crippen LogP contribution is -2.54. The van der Waals surface area contributed by atoms with Gasteiger partial charge in [-0.3, -0.25) is 4.79 Å². The maximum absolute atomic E-state index is 13.1. The minimum atomic E-state index is -0.427. The molecular formula is C18H26N2O2.